The van der Waals surface area contributed by atoms with Gasteiger partial charge in [-0.15, -0.1) is 0 Å². The molecule has 2 heterocycles. The number of carbonyl (C=O) groups excluding carboxylic acids is 1. The molecular formula is C19H17N3O4. The van der Waals surface area contributed by atoms with Crippen molar-refractivity contribution in [2.45, 2.75) is 19.4 Å². The average Bonchev–Trinajstić information content (AvgIpc) is 3.11. The summed E-state index contributed by atoms with van der Waals surface area (Å²) in [7, 11) is 0. The first-order chi connectivity index (χ1) is 12.7. The van der Waals surface area contributed by atoms with Crippen LogP contribution in [0.15, 0.2) is 53.6 Å². The Morgan fingerprint density at radius 3 is 2.92 bits per heavy atom. The number of nitrogens with zero attached hydrogens (tertiary/aromatic N) is 2. The molecule has 132 valence electrons. The minimum absolute atomic E-state index is 0.0909. The van der Waals surface area contributed by atoms with E-state index in [1.54, 1.807) is 30.3 Å². The van der Waals surface area contributed by atoms with E-state index in [0.717, 1.165) is 0 Å². The van der Waals surface area contributed by atoms with Crippen molar-refractivity contribution in [3.05, 3.63) is 59.1 Å². The van der Waals surface area contributed by atoms with Crippen LogP contribution in [-0.4, -0.2) is 22.3 Å². The Balaban J connectivity index is 1.35. The largest absolute Gasteiger partial charge is 0.454 e. The van der Waals surface area contributed by atoms with E-state index in [4.69, 9.17) is 9.47 Å². The molecule has 0 atom stereocenters. The van der Waals surface area contributed by atoms with Crippen LogP contribution >= 0.6 is 0 Å². The van der Waals surface area contributed by atoms with Gasteiger partial charge in [0.15, 0.2) is 11.5 Å². The maximum Gasteiger partial charge on any atom is 0.261 e. The predicted molar refractivity (Wildman–Crippen MR) is 96.4 cm³/mol. The van der Waals surface area contributed by atoms with Gasteiger partial charge in [0.05, 0.1) is 17.2 Å². The quantitative estimate of drug-likeness (QED) is 0.764. The zero-order chi connectivity index (χ0) is 17.9. The highest BCUT2D eigenvalue weighted by atomic mass is 16.7. The molecule has 0 spiro atoms. The average molecular weight is 351 g/mol. The van der Waals surface area contributed by atoms with Crippen LogP contribution in [0.5, 0.6) is 11.5 Å². The van der Waals surface area contributed by atoms with Crippen molar-refractivity contribution < 1.29 is 14.3 Å². The number of carbonyl (C=O) groups is 1. The van der Waals surface area contributed by atoms with Crippen molar-refractivity contribution in [3.63, 3.8) is 0 Å². The molecule has 0 saturated heterocycles. The van der Waals surface area contributed by atoms with Crippen molar-refractivity contribution in [3.8, 4) is 11.5 Å². The lowest BCUT2D eigenvalue weighted by Gasteiger charge is -2.08. The number of amides is 1. The summed E-state index contributed by atoms with van der Waals surface area (Å²) in [6.07, 6.45) is 2.37. The lowest BCUT2D eigenvalue weighted by molar-refractivity contribution is -0.116. The maximum absolute atomic E-state index is 12.4. The van der Waals surface area contributed by atoms with E-state index in [9.17, 15) is 9.59 Å². The van der Waals surface area contributed by atoms with Gasteiger partial charge in [0.25, 0.3) is 5.56 Å². The van der Waals surface area contributed by atoms with Gasteiger partial charge in [0.2, 0.25) is 12.7 Å². The number of benzene rings is 2. The SMILES string of the molecule is O=C(CCCn1cnc2ccccc2c1=O)Nc1ccc2c(c1)OCO2. The Hall–Kier alpha value is -3.35. The van der Waals surface area contributed by atoms with E-state index in [0.29, 0.717) is 47.5 Å². The van der Waals surface area contributed by atoms with E-state index >= 15 is 0 Å². The number of para-hydroxylation sites is 1. The van der Waals surface area contributed by atoms with Gasteiger partial charge in [-0.25, -0.2) is 4.98 Å². The number of hydrogen-bond acceptors (Lipinski definition) is 5. The second-order valence-electron chi connectivity index (χ2n) is 5.98. The topological polar surface area (TPSA) is 82.5 Å². The molecule has 1 N–H and O–H groups in total. The number of aryl methyl sites for hydroxylation is 1. The molecule has 0 unspecified atom stereocenters. The van der Waals surface area contributed by atoms with Gasteiger partial charge in [-0.05, 0) is 30.7 Å². The van der Waals surface area contributed by atoms with Crippen molar-refractivity contribution >= 4 is 22.5 Å². The standard InChI is InChI=1S/C19H17N3O4/c23-18(21-13-7-8-16-17(10-13)26-12-25-16)6-3-9-22-11-20-15-5-2-1-4-14(15)19(22)24/h1-2,4-5,7-8,10-11H,3,6,9,12H2,(H,21,23). The van der Waals surface area contributed by atoms with Crippen LogP contribution in [0.3, 0.4) is 0 Å². The van der Waals surface area contributed by atoms with E-state index < -0.39 is 0 Å². The van der Waals surface area contributed by atoms with Crippen LogP contribution in [0.25, 0.3) is 10.9 Å². The number of aromatic nitrogens is 2. The molecule has 26 heavy (non-hydrogen) atoms. The Kier molecular flexibility index (Phi) is 4.27. The summed E-state index contributed by atoms with van der Waals surface area (Å²) in [4.78, 5) is 28.8. The van der Waals surface area contributed by atoms with E-state index in [1.165, 1.54) is 10.9 Å². The minimum Gasteiger partial charge on any atom is -0.454 e. The first-order valence-corrected chi connectivity index (χ1v) is 8.34. The molecule has 0 aliphatic carbocycles. The molecule has 1 aliphatic heterocycles. The van der Waals surface area contributed by atoms with Crippen LogP contribution in [0.4, 0.5) is 5.69 Å². The van der Waals surface area contributed by atoms with Crippen LogP contribution < -0.4 is 20.3 Å². The van der Waals surface area contributed by atoms with Crippen LogP contribution in [0.2, 0.25) is 0 Å². The van der Waals surface area contributed by atoms with Crippen molar-refractivity contribution in [1.82, 2.24) is 9.55 Å². The molecule has 7 heteroatoms. The summed E-state index contributed by atoms with van der Waals surface area (Å²) in [5.74, 6) is 1.17. The summed E-state index contributed by atoms with van der Waals surface area (Å²) in [5, 5.41) is 3.41. The summed E-state index contributed by atoms with van der Waals surface area (Å²) < 4.78 is 12.1. The second-order valence-corrected chi connectivity index (χ2v) is 5.98. The molecule has 1 amide bonds. The third-order valence-corrected chi connectivity index (χ3v) is 4.19. The highest BCUT2D eigenvalue weighted by molar-refractivity contribution is 5.91. The van der Waals surface area contributed by atoms with Gasteiger partial charge in [-0.1, -0.05) is 12.1 Å². The molecule has 1 aliphatic rings. The van der Waals surface area contributed by atoms with Gasteiger partial charge >= 0.3 is 0 Å². The Bertz CT molecular complexity index is 1030. The highest BCUT2D eigenvalue weighted by Gasteiger charge is 2.14. The predicted octanol–water partition coefficient (Wildman–Crippen LogP) is 2.54. The van der Waals surface area contributed by atoms with Crippen molar-refractivity contribution in [2.24, 2.45) is 0 Å². The molecule has 1 aromatic heterocycles. The maximum atomic E-state index is 12.4. The van der Waals surface area contributed by atoms with Crippen LogP contribution in [0.1, 0.15) is 12.8 Å². The van der Waals surface area contributed by atoms with Gasteiger partial charge in [0.1, 0.15) is 0 Å². The number of anilines is 1. The number of hydrogen-bond donors (Lipinski definition) is 1. The summed E-state index contributed by atoms with van der Waals surface area (Å²) >= 11 is 0. The molecule has 0 bridgehead atoms. The minimum atomic E-state index is -0.120. The second kappa shape index (κ2) is 6.87. The fraction of sp³-hybridized carbons (Fsp3) is 0.211. The fourth-order valence-electron chi connectivity index (χ4n) is 2.87. The molecule has 7 nitrogen and oxygen atoms in total. The smallest absolute Gasteiger partial charge is 0.261 e. The van der Waals surface area contributed by atoms with Gasteiger partial charge in [-0.3, -0.25) is 14.2 Å². The molecule has 0 radical (unpaired) electrons. The Morgan fingerprint density at radius 2 is 2.00 bits per heavy atom. The lowest BCUT2D eigenvalue weighted by atomic mass is 10.2. The Morgan fingerprint density at radius 1 is 1.15 bits per heavy atom. The van der Waals surface area contributed by atoms with Crippen LogP contribution in [0, 0.1) is 0 Å². The number of rotatable bonds is 5. The highest BCUT2D eigenvalue weighted by Crippen LogP contribution is 2.34. The summed E-state index contributed by atoms with van der Waals surface area (Å²) in [5.41, 5.74) is 1.24. The van der Waals surface area contributed by atoms with Gasteiger partial charge < -0.3 is 14.8 Å². The van der Waals surface area contributed by atoms with E-state index in [1.807, 2.05) is 12.1 Å². The van der Waals surface area contributed by atoms with Crippen molar-refractivity contribution in [2.75, 3.05) is 12.1 Å². The van der Waals surface area contributed by atoms with Crippen molar-refractivity contribution in [1.29, 1.82) is 0 Å². The first-order valence-electron chi connectivity index (χ1n) is 8.34. The first kappa shape index (κ1) is 16.1. The van der Waals surface area contributed by atoms with Gasteiger partial charge in [0, 0.05) is 24.7 Å². The van der Waals surface area contributed by atoms with Crippen LogP contribution in [-0.2, 0) is 11.3 Å². The zero-order valence-corrected chi connectivity index (χ0v) is 14.0. The molecule has 3 aromatic rings. The molecular weight excluding hydrogens is 334 g/mol. The zero-order valence-electron chi connectivity index (χ0n) is 14.0. The number of fused-ring (bicyclic) bond motifs is 2. The number of ether oxygens (including phenoxy) is 2. The molecule has 4 rings (SSSR count). The normalized spacial score (nSPS) is 12.3. The molecule has 0 fully saturated rings. The third kappa shape index (κ3) is 3.23. The van der Waals surface area contributed by atoms with Gasteiger partial charge in [-0.2, -0.15) is 0 Å². The number of nitrogens with one attached hydrogen (secondary N) is 1. The summed E-state index contributed by atoms with van der Waals surface area (Å²) in [6, 6.07) is 12.5. The third-order valence-electron chi connectivity index (χ3n) is 4.19. The van der Waals surface area contributed by atoms with E-state index in [-0.39, 0.29) is 18.3 Å². The summed E-state index contributed by atoms with van der Waals surface area (Å²) in [6.45, 7) is 0.631. The lowest BCUT2D eigenvalue weighted by Crippen LogP contribution is -2.21. The Labute approximate surface area is 149 Å². The molecule has 2 aromatic carbocycles. The monoisotopic (exact) mass is 351 g/mol. The van der Waals surface area contributed by atoms with E-state index in [2.05, 4.69) is 10.3 Å². The molecule has 0 saturated carbocycles. The fourth-order valence-corrected chi connectivity index (χ4v) is 2.87.